The molecule has 0 saturated carbocycles. The molecule has 4 heterocycles. The maximum Gasteiger partial charge on any atom is 0.243 e. The van der Waals surface area contributed by atoms with E-state index in [0.717, 1.165) is 49.5 Å². The summed E-state index contributed by atoms with van der Waals surface area (Å²) in [7, 11) is -3.52. The minimum atomic E-state index is -3.52. The molecular formula is C21H26N4O3S2. The molecule has 0 atom stereocenters. The van der Waals surface area contributed by atoms with E-state index in [2.05, 4.69) is 27.8 Å². The van der Waals surface area contributed by atoms with E-state index >= 15 is 0 Å². The van der Waals surface area contributed by atoms with Gasteiger partial charge in [0, 0.05) is 37.6 Å². The number of aryl methyl sites for hydroxylation is 1. The van der Waals surface area contributed by atoms with Gasteiger partial charge in [0.15, 0.2) is 0 Å². The van der Waals surface area contributed by atoms with Crippen LogP contribution in [0.2, 0.25) is 0 Å². The van der Waals surface area contributed by atoms with Crippen molar-refractivity contribution in [3.05, 3.63) is 45.9 Å². The molecule has 1 saturated heterocycles. The summed E-state index contributed by atoms with van der Waals surface area (Å²) in [6.07, 6.45) is 1.08. The van der Waals surface area contributed by atoms with Crippen LogP contribution in [-0.4, -0.2) is 60.0 Å². The number of morpholine rings is 1. The summed E-state index contributed by atoms with van der Waals surface area (Å²) >= 11 is 1.84. The number of sulfonamides is 1. The Hall–Kier alpha value is -1.78. The quantitative estimate of drug-likeness (QED) is 0.603. The molecule has 160 valence electrons. The zero-order valence-corrected chi connectivity index (χ0v) is 18.7. The van der Waals surface area contributed by atoms with E-state index in [4.69, 9.17) is 9.72 Å². The van der Waals surface area contributed by atoms with Gasteiger partial charge in [-0.1, -0.05) is 0 Å². The average molecular weight is 447 g/mol. The van der Waals surface area contributed by atoms with Gasteiger partial charge < -0.3 is 9.30 Å². The number of rotatable bonds is 5. The molecule has 1 aromatic carbocycles. The molecule has 5 rings (SSSR count). The third-order valence-corrected chi connectivity index (χ3v) is 8.89. The standard InChI is InChI=1S/C21H26N4O3S2/c1-2-25-19-4-3-17(30(26,27)24-8-10-28-11-9-24)13-18(19)22-21(25)15-23-7-5-20-16(14-23)6-12-29-20/h3-4,6,12-13H,2,5,7-11,14-15H2,1H3. The SMILES string of the molecule is CCn1c(CN2CCc3sccc3C2)nc2cc(S(=O)(=O)N3CCOCC3)ccc21. The summed E-state index contributed by atoms with van der Waals surface area (Å²) in [6.45, 7) is 7.33. The van der Waals surface area contributed by atoms with Crippen LogP contribution in [0.1, 0.15) is 23.2 Å². The highest BCUT2D eigenvalue weighted by atomic mass is 32.2. The second kappa shape index (κ2) is 8.05. The summed E-state index contributed by atoms with van der Waals surface area (Å²) < 4.78 is 35.1. The van der Waals surface area contributed by atoms with Crippen LogP contribution in [0.15, 0.2) is 34.5 Å². The van der Waals surface area contributed by atoms with Gasteiger partial charge in [0.05, 0.1) is 35.7 Å². The zero-order valence-electron chi connectivity index (χ0n) is 17.1. The normalized spacial score (nSPS) is 18.7. The predicted octanol–water partition coefficient (Wildman–Crippen LogP) is 2.70. The number of imidazole rings is 1. The second-order valence-corrected chi connectivity index (χ2v) is 10.7. The molecule has 2 aromatic heterocycles. The smallest absolute Gasteiger partial charge is 0.243 e. The zero-order chi connectivity index (χ0) is 20.7. The number of thiophene rings is 1. The van der Waals surface area contributed by atoms with Crippen molar-refractivity contribution >= 4 is 32.4 Å². The molecule has 0 amide bonds. The van der Waals surface area contributed by atoms with Crippen LogP contribution in [0.3, 0.4) is 0 Å². The average Bonchev–Trinajstić information content (AvgIpc) is 3.37. The Balaban J connectivity index is 1.44. The van der Waals surface area contributed by atoms with Gasteiger partial charge in [-0.05, 0) is 48.6 Å². The first-order chi connectivity index (χ1) is 14.6. The predicted molar refractivity (Wildman–Crippen MR) is 117 cm³/mol. The van der Waals surface area contributed by atoms with Crippen molar-refractivity contribution in [3.63, 3.8) is 0 Å². The number of ether oxygens (including phenoxy) is 1. The van der Waals surface area contributed by atoms with Crippen molar-refractivity contribution < 1.29 is 13.2 Å². The molecule has 0 unspecified atom stereocenters. The largest absolute Gasteiger partial charge is 0.379 e. The fourth-order valence-electron chi connectivity index (χ4n) is 4.37. The van der Waals surface area contributed by atoms with Crippen molar-refractivity contribution in [3.8, 4) is 0 Å². The lowest BCUT2D eigenvalue weighted by Gasteiger charge is -2.26. The molecule has 2 aliphatic rings. The van der Waals surface area contributed by atoms with Crippen molar-refractivity contribution in [1.82, 2.24) is 18.8 Å². The first-order valence-corrected chi connectivity index (χ1v) is 12.7. The van der Waals surface area contributed by atoms with Gasteiger partial charge in [-0.2, -0.15) is 4.31 Å². The van der Waals surface area contributed by atoms with Crippen LogP contribution in [0.5, 0.6) is 0 Å². The molecule has 7 nitrogen and oxygen atoms in total. The maximum absolute atomic E-state index is 13.0. The highest BCUT2D eigenvalue weighted by molar-refractivity contribution is 7.89. The van der Waals surface area contributed by atoms with E-state index in [9.17, 15) is 8.42 Å². The van der Waals surface area contributed by atoms with Crippen LogP contribution in [-0.2, 0) is 40.8 Å². The van der Waals surface area contributed by atoms with Gasteiger partial charge >= 0.3 is 0 Å². The fourth-order valence-corrected chi connectivity index (χ4v) is 6.69. The molecule has 0 radical (unpaired) electrons. The highest BCUT2D eigenvalue weighted by Gasteiger charge is 2.27. The number of hydrogen-bond acceptors (Lipinski definition) is 6. The minimum absolute atomic E-state index is 0.310. The van der Waals surface area contributed by atoms with Crippen molar-refractivity contribution in [2.24, 2.45) is 0 Å². The van der Waals surface area contributed by atoms with E-state index in [1.807, 2.05) is 17.4 Å². The molecule has 3 aromatic rings. The topological polar surface area (TPSA) is 67.7 Å². The van der Waals surface area contributed by atoms with Gasteiger partial charge in [-0.25, -0.2) is 13.4 Å². The first-order valence-electron chi connectivity index (χ1n) is 10.4. The Labute approximate surface area is 180 Å². The first kappa shape index (κ1) is 20.1. The fraction of sp³-hybridized carbons (Fsp3) is 0.476. The molecular weight excluding hydrogens is 420 g/mol. The van der Waals surface area contributed by atoms with Crippen molar-refractivity contribution in [2.75, 3.05) is 32.8 Å². The lowest BCUT2D eigenvalue weighted by molar-refractivity contribution is 0.0730. The molecule has 1 fully saturated rings. The van der Waals surface area contributed by atoms with E-state index in [1.54, 1.807) is 12.1 Å². The maximum atomic E-state index is 13.0. The van der Waals surface area contributed by atoms with E-state index in [-0.39, 0.29) is 0 Å². The lowest BCUT2D eigenvalue weighted by atomic mass is 10.1. The summed E-state index contributed by atoms with van der Waals surface area (Å²) in [5.74, 6) is 0.993. The number of benzene rings is 1. The van der Waals surface area contributed by atoms with E-state index < -0.39 is 10.0 Å². The summed E-state index contributed by atoms with van der Waals surface area (Å²) in [6, 6.07) is 7.56. The number of hydrogen-bond donors (Lipinski definition) is 0. The Morgan fingerprint density at radius 3 is 2.80 bits per heavy atom. The summed E-state index contributed by atoms with van der Waals surface area (Å²) in [5.41, 5.74) is 3.15. The van der Waals surface area contributed by atoms with Crippen molar-refractivity contribution in [1.29, 1.82) is 0 Å². The molecule has 0 aliphatic carbocycles. The van der Waals surface area contributed by atoms with Gasteiger partial charge in [-0.3, -0.25) is 4.90 Å². The Kier molecular flexibility index (Phi) is 5.40. The van der Waals surface area contributed by atoms with Crippen LogP contribution in [0.4, 0.5) is 0 Å². The summed E-state index contributed by atoms with van der Waals surface area (Å²) in [4.78, 5) is 9.09. The molecule has 9 heteroatoms. The second-order valence-electron chi connectivity index (χ2n) is 7.77. The molecule has 0 spiro atoms. The minimum Gasteiger partial charge on any atom is -0.379 e. The molecule has 2 aliphatic heterocycles. The molecule has 0 bridgehead atoms. The molecule has 30 heavy (non-hydrogen) atoms. The number of fused-ring (bicyclic) bond motifs is 2. The van der Waals surface area contributed by atoms with Crippen LogP contribution in [0.25, 0.3) is 11.0 Å². The van der Waals surface area contributed by atoms with Crippen molar-refractivity contribution in [2.45, 2.75) is 37.9 Å². The number of nitrogens with zero attached hydrogens (tertiary/aromatic N) is 4. The van der Waals surface area contributed by atoms with E-state index in [0.29, 0.717) is 31.2 Å². The van der Waals surface area contributed by atoms with Gasteiger partial charge in [-0.15, -0.1) is 11.3 Å². The Bertz CT molecular complexity index is 1160. The Morgan fingerprint density at radius 2 is 2.00 bits per heavy atom. The van der Waals surface area contributed by atoms with Gasteiger partial charge in [0.25, 0.3) is 0 Å². The van der Waals surface area contributed by atoms with Gasteiger partial charge in [0.1, 0.15) is 5.82 Å². The third-order valence-electron chi connectivity index (χ3n) is 5.97. The van der Waals surface area contributed by atoms with Crippen LogP contribution >= 0.6 is 11.3 Å². The lowest BCUT2D eigenvalue weighted by Crippen LogP contribution is -2.40. The van der Waals surface area contributed by atoms with Crippen LogP contribution in [0, 0.1) is 0 Å². The van der Waals surface area contributed by atoms with Crippen LogP contribution < -0.4 is 0 Å². The van der Waals surface area contributed by atoms with E-state index in [1.165, 1.54) is 14.7 Å². The monoisotopic (exact) mass is 446 g/mol. The summed E-state index contributed by atoms with van der Waals surface area (Å²) in [5, 5.41) is 2.17. The Morgan fingerprint density at radius 1 is 1.17 bits per heavy atom. The number of aromatic nitrogens is 2. The highest BCUT2D eigenvalue weighted by Crippen LogP contribution is 2.27. The van der Waals surface area contributed by atoms with Gasteiger partial charge in [0.2, 0.25) is 10.0 Å². The molecule has 0 N–H and O–H groups in total. The third kappa shape index (κ3) is 3.58.